The van der Waals surface area contributed by atoms with Crippen LogP contribution in [0.4, 0.5) is 0 Å². The van der Waals surface area contributed by atoms with Crippen molar-refractivity contribution in [2.45, 2.75) is 32.7 Å². The summed E-state index contributed by atoms with van der Waals surface area (Å²) in [5.74, 6) is 0.738. The van der Waals surface area contributed by atoms with Crippen molar-refractivity contribution < 1.29 is 23.8 Å². The molecule has 1 unspecified atom stereocenters. The lowest BCUT2D eigenvalue weighted by atomic mass is 10.0. The molecule has 28 heavy (non-hydrogen) atoms. The second-order valence-corrected chi connectivity index (χ2v) is 6.82. The van der Waals surface area contributed by atoms with Crippen molar-refractivity contribution in [3.63, 3.8) is 0 Å². The number of rotatable bonds is 7. The molecule has 1 N–H and O–H groups in total. The van der Waals surface area contributed by atoms with Gasteiger partial charge in [-0.05, 0) is 37.1 Å². The number of carbonyl (C=O) groups excluding carboxylic acids is 2. The molecule has 0 fully saturated rings. The summed E-state index contributed by atoms with van der Waals surface area (Å²) >= 11 is 0. The van der Waals surface area contributed by atoms with Gasteiger partial charge in [0.15, 0.2) is 6.61 Å². The summed E-state index contributed by atoms with van der Waals surface area (Å²) in [6, 6.07) is 13.4. The Hall–Kier alpha value is -3.02. The summed E-state index contributed by atoms with van der Waals surface area (Å²) in [5, 5.41) is 2.90. The molecule has 0 spiro atoms. The zero-order chi connectivity index (χ0) is 19.9. The Bertz CT molecular complexity index is 849. The minimum atomic E-state index is -0.465. The molecule has 1 atom stereocenters. The van der Waals surface area contributed by atoms with E-state index in [1.165, 1.54) is 0 Å². The first kappa shape index (κ1) is 19.7. The monoisotopic (exact) mass is 383 g/mol. The SMILES string of the molecule is Cc1ccc(C)c(OCCC(=O)OCC(=O)NC2CCOc3ccccc32)c1. The average Bonchev–Trinajstić information content (AvgIpc) is 2.69. The Balaban J connectivity index is 1.40. The topological polar surface area (TPSA) is 73.9 Å². The van der Waals surface area contributed by atoms with E-state index in [1.807, 2.05) is 56.3 Å². The normalized spacial score (nSPS) is 15.1. The van der Waals surface area contributed by atoms with Gasteiger partial charge in [0.1, 0.15) is 11.5 Å². The van der Waals surface area contributed by atoms with Gasteiger partial charge in [-0.2, -0.15) is 0 Å². The molecule has 1 aliphatic heterocycles. The summed E-state index contributed by atoms with van der Waals surface area (Å²) < 4.78 is 16.3. The highest BCUT2D eigenvalue weighted by atomic mass is 16.5. The fourth-order valence-electron chi connectivity index (χ4n) is 3.05. The molecule has 1 aliphatic rings. The highest BCUT2D eigenvalue weighted by Gasteiger charge is 2.22. The van der Waals surface area contributed by atoms with Gasteiger partial charge in [0, 0.05) is 12.0 Å². The van der Waals surface area contributed by atoms with Gasteiger partial charge in [-0.3, -0.25) is 9.59 Å². The number of esters is 1. The van der Waals surface area contributed by atoms with Crippen molar-refractivity contribution >= 4 is 11.9 Å². The van der Waals surface area contributed by atoms with Crippen LogP contribution in [0.5, 0.6) is 11.5 Å². The number of hydrogen-bond donors (Lipinski definition) is 1. The van der Waals surface area contributed by atoms with E-state index < -0.39 is 5.97 Å². The number of hydrogen-bond acceptors (Lipinski definition) is 5. The van der Waals surface area contributed by atoms with Gasteiger partial charge >= 0.3 is 5.97 Å². The molecule has 1 amide bonds. The zero-order valence-corrected chi connectivity index (χ0v) is 16.2. The summed E-state index contributed by atoms with van der Waals surface area (Å²) in [4.78, 5) is 24.0. The molecule has 148 valence electrons. The van der Waals surface area contributed by atoms with E-state index in [0.29, 0.717) is 13.0 Å². The molecule has 0 aromatic heterocycles. The minimum Gasteiger partial charge on any atom is -0.493 e. The lowest BCUT2D eigenvalue weighted by Gasteiger charge is -2.26. The quantitative estimate of drug-likeness (QED) is 0.743. The number of nitrogens with one attached hydrogen (secondary N) is 1. The molecule has 0 saturated carbocycles. The predicted octanol–water partition coefficient (Wildman–Crippen LogP) is 3.26. The Labute approximate surface area is 164 Å². The van der Waals surface area contributed by atoms with Gasteiger partial charge in [-0.25, -0.2) is 0 Å². The largest absolute Gasteiger partial charge is 0.493 e. The third-order valence-electron chi connectivity index (χ3n) is 4.57. The minimum absolute atomic E-state index is 0.0841. The predicted molar refractivity (Wildman–Crippen MR) is 104 cm³/mol. The molecule has 6 heteroatoms. The third-order valence-corrected chi connectivity index (χ3v) is 4.57. The molecule has 0 saturated heterocycles. The second-order valence-electron chi connectivity index (χ2n) is 6.82. The number of benzene rings is 2. The lowest BCUT2D eigenvalue weighted by Crippen LogP contribution is -2.35. The fourth-order valence-corrected chi connectivity index (χ4v) is 3.05. The second kappa shape index (κ2) is 9.26. The third kappa shape index (κ3) is 5.25. The van der Waals surface area contributed by atoms with Gasteiger partial charge in [0.2, 0.25) is 0 Å². The summed E-state index contributed by atoms with van der Waals surface area (Å²) in [6.45, 7) is 4.37. The standard InChI is InChI=1S/C22H25NO5/c1-15-7-8-16(2)20(13-15)27-12-10-22(25)28-14-21(24)23-18-9-11-26-19-6-4-3-5-17(18)19/h3-8,13,18H,9-12,14H2,1-2H3,(H,23,24). The van der Waals surface area contributed by atoms with Crippen molar-refractivity contribution in [1.29, 1.82) is 0 Å². The van der Waals surface area contributed by atoms with Crippen LogP contribution in [-0.2, 0) is 14.3 Å². The number of para-hydroxylation sites is 1. The van der Waals surface area contributed by atoms with Crippen LogP contribution < -0.4 is 14.8 Å². The summed E-state index contributed by atoms with van der Waals surface area (Å²) in [7, 11) is 0. The van der Waals surface area contributed by atoms with Crippen molar-refractivity contribution in [1.82, 2.24) is 5.32 Å². The maximum atomic E-state index is 12.1. The molecule has 6 nitrogen and oxygen atoms in total. The van der Waals surface area contributed by atoms with Crippen molar-refractivity contribution in [2.24, 2.45) is 0 Å². The zero-order valence-electron chi connectivity index (χ0n) is 16.2. The first-order chi connectivity index (χ1) is 13.5. The highest BCUT2D eigenvalue weighted by molar-refractivity contribution is 5.81. The molecule has 1 heterocycles. The summed E-state index contributed by atoms with van der Waals surface area (Å²) in [6.07, 6.45) is 0.765. The first-order valence-electron chi connectivity index (χ1n) is 9.39. The number of ether oxygens (including phenoxy) is 3. The highest BCUT2D eigenvalue weighted by Crippen LogP contribution is 2.31. The average molecular weight is 383 g/mol. The number of amides is 1. The maximum absolute atomic E-state index is 12.1. The fraction of sp³-hybridized carbons (Fsp3) is 0.364. The molecular formula is C22H25NO5. The van der Waals surface area contributed by atoms with E-state index in [9.17, 15) is 9.59 Å². The number of carbonyl (C=O) groups is 2. The summed E-state index contributed by atoms with van der Waals surface area (Å²) in [5.41, 5.74) is 3.04. The van der Waals surface area contributed by atoms with Gasteiger partial charge < -0.3 is 19.5 Å². The Morgan fingerprint density at radius 2 is 2.00 bits per heavy atom. The van der Waals surface area contributed by atoms with Crippen LogP contribution in [0, 0.1) is 13.8 Å². The van der Waals surface area contributed by atoms with Crippen LogP contribution in [0.15, 0.2) is 42.5 Å². The van der Waals surface area contributed by atoms with Crippen LogP contribution in [0.3, 0.4) is 0 Å². The first-order valence-corrected chi connectivity index (χ1v) is 9.39. The lowest BCUT2D eigenvalue weighted by molar-refractivity contribution is -0.149. The van der Waals surface area contributed by atoms with Crippen LogP contribution in [0.1, 0.15) is 35.6 Å². The number of fused-ring (bicyclic) bond motifs is 1. The van der Waals surface area contributed by atoms with Gasteiger partial charge in [-0.15, -0.1) is 0 Å². The van der Waals surface area contributed by atoms with Gasteiger partial charge in [0.25, 0.3) is 5.91 Å². The van der Waals surface area contributed by atoms with Crippen LogP contribution in [-0.4, -0.2) is 31.7 Å². The molecule has 0 bridgehead atoms. The van der Waals surface area contributed by atoms with Crippen molar-refractivity contribution in [3.05, 3.63) is 59.2 Å². The van der Waals surface area contributed by atoms with E-state index in [2.05, 4.69) is 5.32 Å². The van der Waals surface area contributed by atoms with Gasteiger partial charge in [0.05, 0.1) is 25.7 Å². The van der Waals surface area contributed by atoms with E-state index in [1.54, 1.807) is 0 Å². The molecule has 0 aliphatic carbocycles. The molecule has 2 aromatic rings. The van der Waals surface area contributed by atoms with Crippen molar-refractivity contribution in [3.8, 4) is 11.5 Å². The van der Waals surface area contributed by atoms with E-state index >= 15 is 0 Å². The molecule has 3 rings (SSSR count). The smallest absolute Gasteiger partial charge is 0.309 e. The Morgan fingerprint density at radius 1 is 1.18 bits per heavy atom. The Kier molecular flexibility index (Phi) is 6.53. The number of aryl methyl sites for hydroxylation is 2. The van der Waals surface area contributed by atoms with E-state index in [0.717, 1.165) is 28.2 Å². The van der Waals surface area contributed by atoms with Crippen molar-refractivity contribution in [2.75, 3.05) is 19.8 Å². The molecule has 2 aromatic carbocycles. The van der Waals surface area contributed by atoms with Crippen LogP contribution >= 0.6 is 0 Å². The maximum Gasteiger partial charge on any atom is 0.309 e. The Morgan fingerprint density at radius 3 is 2.86 bits per heavy atom. The van der Waals surface area contributed by atoms with E-state index in [4.69, 9.17) is 14.2 Å². The van der Waals surface area contributed by atoms with E-state index in [-0.39, 0.29) is 31.6 Å². The van der Waals surface area contributed by atoms with Crippen LogP contribution in [0.2, 0.25) is 0 Å². The molecular weight excluding hydrogens is 358 g/mol. The van der Waals surface area contributed by atoms with Gasteiger partial charge in [-0.1, -0.05) is 30.3 Å². The molecule has 0 radical (unpaired) electrons. The van der Waals surface area contributed by atoms with Crippen LogP contribution in [0.25, 0.3) is 0 Å².